The number of imidazole rings is 1. The molecule has 0 bridgehead atoms. The molecular weight excluding hydrogens is 360 g/mol. The molecule has 0 atom stereocenters. The zero-order chi connectivity index (χ0) is 18.3. The topological polar surface area (TPSA) is 89.2 Å². The van der Waals surface area contributed by atoms with E-state index in [1.807, 2.05) is 24.3 Å². The zero-order valence-corrected chi connectivity index (χ0v) is 14.6. The highest BCUT2D eigenvalue weighted by molar-refractivity contribution is 6.31. The van der Waals surface area contributed by atoms with Gasteiger partial charge in [-0.15, -0.1) is 5.10 Å². The van der Waals surface area contributed by atoms with Gasteiger partial charge in [-0.05, 0) is 17.7 Å². The molecule has 1 aliphatic rings. The average molecular weight is 375 g/mol. The van der Waals surface area contributed by atoms with Crippen LogP contribution >= 0.6 is 11.6 Å². The van der Waals surface area contributed by atoms with Gasteiger partial charge in [-0.1, -0.05) is 23.7 Å². The van der Waals surface area contributed by atoms with Gasteiger partial charge in [0.2, 0.25) is 0 Å². The van der Waals surface area contributed by atoms with Gasteiger partial charge in [-0.25, -0.2) is 14.3 Å². The fourth-order valence-corrected chi connectivity index (χ4v) is 3.20. The molecule has 0 saturated carbocycles. The number of benzene rings is 1. The Balaban J connectivity index is 1.79. The lowest BCUT2D eigenvalue weighted by atomic mass is 10.2. The number of rotatable bonds is 4. The van der Waals surface area contributed by atoms with Gasteiger partial charge in [0, 0.05) is 6.54 Å². The molecule has 1 N–H and O–H groups in total. The molecule has 0 aliphatic carbocycles. The Hall–Kier alpha value is -3.00. The Labute approximate surface area is 153 Å². The first kappa shape index (κ1) is 16.5. The van der Waals surface area contributed by atoms with Gasteiger partial charge in [-0.2, -0.15) is 0 Å². The number of hydrogen-bond donors (Lipinski definition) is 1. The maximum atomic E-state index is 11.4. The molecule has 0 amide bonds. The SMILES string of the molecule is COc1ccc(CN2CCOc3c(Cl)nn4c(C(=O)O)cnc4c32)cc1. The number of anilines is 1. The molecule has 2 aromatic heterocycles. The molecule has 0 saturated heterocycles. The first-order chi connectivity index (χ1) is 12.6. The minimum atomic E-state index is -1.13. The third-order valence-corrected chi connectivity index (χ3v) is 4.46. The minimum absolute atomic E-state index is 0.0559. The quantitative estimate of drug-likeness (QED) is 0.750. The van der Waals surface area contributed by atoms with Crippen LogP contribution in [0.3, 0.4) is 0 Å². The van der Waals surface area contributed by atoms with Gasteiger partial charge in [-0.3, -0.25) is 0 Å². The van der Waals surface area contributed by atoms with E-state index in [0.29, 0.717) is 36.8 Å². The van der Waals surface area contributed by atoms with Crippen LogP contribution < -0.4 is 14.4 Å². The number of carboxylic acid groups (broad SMARTS) is 1. The third-order valence-electron chi connectivity index (χ3n) is 4.22. The molecule has 0 unspecified atom stereocenters. The van der Waals surface area contributed by atoms with Gasteiger partial charge in [0.15, 0.2) is 22.2 Å². The lowest BCUT2D eigenvalue weighted by Crippen LogP contribution is -2.33. The summed E-state index contributed by atoms with van der Waals surface area (Å²) in [7, 11) is 1.62. The maximum Gasteiger partial charge on any atom is 0.356 e. The summed E-state index contributed by atoms with van der Waals surface area (Å²) in [4.78, 5) is 17.7. The van der Waals surface area contributed by atoms with Crippen LogP contribution in [0.1, 0.15) is 16.1 Å². The van der Waals surface area contributed by atoms with Gasteiger partial charge in [0.25, 0.3) is 0 Å². The molecule has 0 fully saturated rings. The summed E-state index contributed by atoms with van der Waals surface area (Å²) in [6.07, 6.45) is 1.27. The van der Waals surface area contributed by atoms with E-state index in [4.69, 9.17) is 21.1 Å². The van der Waals surface area contributed by atoms with E-state index in [-0.39, 0.29) is 10.8 Å². The van der Waals surface area contributed by atoms with E-state index in [0.717, 1.165) is 11.3 Å². The van der Waals surface area contributed by atoms with Crippen LogP contribution in [0.15, 0.2) is 30.5 Å². The lowest BCUT2D eigenvalue weighted by Gasteiger charge is -2.31. The number of aromatic nitrogens is 3. The van der Waals surface area contributed by atoms with Crippen molar-refractivity contribution in [2.75, 3.05) is 25.2 Å². The van der Waals surface area contributed by atoms with Crippen molar-refractivity contribution in [3.63, 3.8) is 0 Å². The van der Waals surface area contributed by atoms with Crippen LogP contribution in [-0.4, -0.2) is 45.9 Å². The van der Waals surface area contributed by atoms with Crippen LogP contribution in [0.25, 0.3) is 5.65 Å². The zero-order valence-electron chi connectivity index (χ0n) is 13.8. The largest absolute Gasteiger partial charge is 0.497 e. The molecular formula is C17H15ClN4O4. The van der Waals surface area contributed by atoms with E-state index in [1.165, 1.54) is 10.7 Å². The molecule has 9 heteroatoms. The summed E-state index contributed by atoms with van der Waals surface area (Å²) in [5, 5.41) is 13.5. The standard InChI is InChI=1S/C17H15ClN4O4/c1-25-11-4-2-10(3-5-11)9-21-6-7-26-14-13(21)16-19-8-12(17(23)24)22(16)20-15(14)18/h2-5,8H,6-7,9H2,1H3,(H,23,24). The Bertz CT molecular complexity index is 987. The first-order valence-electron chi connectivity index (χ1n) is 7.89. The Morgan fingerprint density at radius 3 is 2.85 bits per heavy atom. The van der Waals surface area contributed by atoms with Crippen molar-refractivity contribution in [1.82, 2.24) is 14.6 Å². The predicted octanol–water partition coefficient (Wildman–Crippen LogP) is 2.49. The molecule has 4 rings (SSSR count). The molecule has 3 heterocycles. The van der Waals surface area contributed by atoms with Crippen molar-refractivity contribution in [2.45, 2.75) is 6.54 Å². The second kappa shape index (κ2) is 6.38. The summed E-state index contributed by atoms with van der Waals surface area (Å²) in [5.74, 6) is 0.0750. The number of hydrogen-bond acceptors (Lipinski definition) is 6. The normalized spacial score (nSPS) is 13.4. The second-order valence-corrected chi connectivity index (χ2v) is 6.13. The van der Waals surface area contributed by atoms with Crippen molar-refractivity contribution in [3.8, 4) is 11.5 Å². The number of methoxy groups -OCH3 is 1. The molecule has 8 nitrogen and oxygen atoms in total. The number of carbonyl (C=O) groups is 1. The number of aromatic carboxylic acids is 1. The fourth-order valence-electron chi connectivity index (χ4n) is 2.98. The Morgan fingerprint density at radius 2 is 2.15 bits per heavy atom. The van der Waals surface area contributed by atoms with E-state index in [9.17, 15) is 9.90 Å². The highest BCUT2D eigenvalue weighted by atomic mass is 35.5. The molecule has 0 radical (unpaired) electrons. The van der Waals surface area contributed by atoms with Crippen LogP contribution in [0.5, 0.6) is 11.5 Å². The van der Waals surface area contributed by atoms with Crippen molar-refractivity contribution in [3.05, 3.63) is 46.9 Å². The molecule has 134 valence electrons. The number of fused-ring (bicyclic) bond motifs is 3. The summed E-state index contributed by atoms with van der Waals surface area (Å²) < 4.78 is 12.1. The van der Waals surface area contributed by atoms with Gasteiger partial charge < -0.3 is 19.5 Å². The summed E-state index contributed by atoms with van der Waals surface area (Å²) in [6, 6.07) is 7.73. The Morgan fingerprint density at radius 1 is 1.38 bits per heavy atom. The van der Waals surface area contributed by atoms with Crippen molar-refractivity contribution < 1.29 is 19.4 Å². The minimum Gasteiger partial charge on any atom is -0.497 e. The van der Waals surface area contributed by atoms with Crippen LogP contribution in [0, 0.1) is 0 Å². The van der Waals surface area contributed by atoms with Crippen LogP contribution in [0.2, 0.25) is 5.15 Å². The number of ether oxygens (including phenoxy) is 2. The first-order valence-corrected chi connectivity index (χ1v) is 8.27. The summed E-state index contributed by atoms with van der Waals surface area (Å²) in [6.45, 7) is 1.66. The van der Waals surface area contributed by atoms with Gasteiger partial charge >= 0.3 is 5.97 Å². The third kappa shape index (κ3) is 2.68. The van der Waals surface area contributed by atoms with Crippen molar-refractivity contribution in [1.29, 1.82) is 0 Å². The highest BCUT2D eigenvalue weighted by Gasteiger charge is 2.28. The van der Waals surface area contributed by atoms with Crippen LogP contribution in [-0.2, 0) is 6.54 Å². The molecule has 3 aromatic rings. The number of carboxylic acids is 1. The van der Waals surface area contributed by atoms with E-state index < -0.39 is 5.97 Å². The monoisotopic (exact) mass is 374 g/mol. The Kier molecular flexibility index (Phi) is 4.04. The smallest absolute Gasteiger partial charge is 0.356 e. The van der Waals surface area contributed by atoms with E-state index >= 15 is 0 Å². The average Bonchev–Trinajstić information content (AvgIpc) is 3.06. The number of nitrogens with zero attached hydrogens (tertiary/aromatic N) is 4. The molecule has 1 aromatic carbocycles. The fraction of sp³-hybridized carbons (Fsp3) is 0.235. The lowest BCUT2D eigenvalue weighted by molar-refractivity contribution is 0.0688. The van der Waals surface area contributed by atoms with Crippen molar-refractivity contribution in [2.24, 2.45) is 0 Å². The van der Waals surface area contributed by atoms with E-state index in [2.05, 4.69) is 15.0 Å². The van der Waals surface area contributed by atoms with Crippen LogP contribution in [0.4, 0.5) is 5.69 Å². The molecule has 0 spiro atoms. The van der Waals surface area contributed by atoms with Gasteiger partial charge in [0.1, 0.15) is 18.0 Å². The summed E-state index contributed by atoms with van der Waals surface area (Å²) in [5.41, 5.74) is 2.05. The maximum absolute atomic E-state index is 11.4. The van der Waals surface area contributed by atoms with Gasteiger partial charge in [0.05, 0.1) is 19.9 Å². The highest BCUT2D eigenvalue weighted by Crippen LogP contribution is 2.40. The summed E-state index contributed by atoms with van der Waals surface area (Å²) >= 11 is 6.24. The molecule has 1 aliphatic heterocycles. The van der Waals surface area contributed by atoms with Crippen molar-refractivity contribution >= 4 is 28.9 Å². The number of halogens is 1. The predicted molar refractivity (Wildman–Crippen MR) is 94.5 cm³/mol. The van der Waals surface area contributed by atoms with E-state index in [1.54, 1.807) is 7.11 Å². The second-order valence-electron chi connectivity index (χ2n) is 5.77. The molecule has 26 heavy (non-hydrogen) atoms.